The Morgan fingerprint density at radius 2 is 1.97 bits per heavy atom. The number of Topliss-reactive ketones (excluding diaryl/α,β-unsaturated/α-hetero) is 1. The number of H-pyrrole nitrogens is 1. The topological polar surface area (TPSA) is 126 Å². The highest BCUT2D eigenvalue weighted by Crippen LogP contribution is 2.39. The lowest BCUT2D eigenvalue weighted by Gasteiger charge is -2.27. The third-order valence-electron chi connectivity index (χ3n) is 6.84. The molecule has 0 aliphatic carbocycles. The molecule has 1 amide bonds. The SMILES string of the molecule is O=C1C(=O)N(C(CCCF)c2c[nH]nn2)c2ccc(S(=O)(=O)N3CCC[C@H]3COc3ccc(F)cc3F)cc21. The Kier molecular flexibility index (Phi) is 7.40. The largest absolute Gasteiger partial charge is 0.489 e. The van der Waals surface area contributed by atoms with Crippen LogP contribution >= 0.6 is 0 Å². The normalized spacial score (nSPS) is 18.5. The Morgan fingerprint density at radius 3 is 2.69 bits per heavy atom. The molecule has 3 heterocycles. The van der Waals surface area contributed by atoms with Crippen LogP contribution in [0.4, 0.5) is 18.9 Å². The summed E-state index contributed by atoms with van der Waals surface area (Å²) in [5.41, 5.74) is 0.450. The highest BCUT2D eigenvalue weighted by atomic mass is 32.2. The Labute approximate surface area is 221 Å². The number of benzene rings is 2. The van der Waals surface area contributed by atoms with E-state index in [1.54, 1.807) is 0 Å². The predicted molar refractivity (Wildman–Crippen MR) is 131 cm³/mol. The molecule has 2 aliphatic heterocycles. The average molecular weight is 564 g/mol. The zero-order valence-electron chi connectivity index (χ0n) is 20.5. The summed E-state index contributed by atoms with van der Waals surface area (Å²) < 4.78 is 73.9. The second-order valence-electron chi connectivity index (χ2n) is 9.23. The number of sulfonamides is 1. The summed E-state index contributed by atoms with van der Waals surface area (Å²) in [6, 6.07) is 5.29. The molecule has 1 fully saturated rings. The van der Waals surface area contributed by atoms with Crippen molar-refractivity contribution in [2.75, 3.05) is 24.7 Å². The predicted octanol–water partition coefficient (Wildman–Crippen LogP) is 3.34. The summed E-state index contributed by atoms with van der Waals surface area (Å²) in [7, 11) is -4.13. The maximum atomic E-state index is 14.0. The molecule has 0 bridgehead atoms. The number of fused-ring (bicyclic) bond motifs is 1. The monoisotopic (exact) mass is 563 g/mol. The molecule has 0 saturated carbocycles. The van der Waals surface area contributed by atoms with Gasteiger partial charge in [-0.1, -0.05) is 5.21 Å². The van der Waals surface area contributed by atoms with E-state index in [1.165, 1.54) is 27.5 Å². The molecular formula is C25H24F3N5O5S. The van der Waals surface area contributed by atoms with E-state index >= 15 is 0 Å². The van der Waals surface area contributed by atoms with E-state index in [0.717, 1.165) is 18.2 Å². The van der Waals surface area contributed by atoms with Crippen LogP contribution in [0.3, 0.4) is 0 Å². The number of halogens is 3. The highest BCUT2D eigenvalue weighted by molar-refractivity contribution is 7.89. The minimum Gasteiger partial charge on any atom is -0.489 e. The minimum absolute atomic E-state index is 0.0878. The number of anilines is 1. The van der Waals surface area contributed by atoms with Gasteiger partial charge in [-0.2, -0.15) is 4.31 Å². The molecule has 2 aliphatic rings. The number of amides is 1. The number of rotatable bonds is 10. The fourth-order valence-corrected chi connectivity index (χ4v) is 6.68. The highest BCUT2D eigenvalue weighted by Gasteiger charge is 2.43. The van der Waals surface area contributed by atoms with Crippen molar-refractivity contribution >= 4 is 27.4 Å². The quantitative estimate of drug-likeness (QED) is 0.375. The number of carbonyl (C=O) groups excluding carboxylic acids is 2. The van der Waals surface area contributed by atoms with Gasteiger partial charge >= 0.3 is 0 Å². The maximum Gasteiger partial charge on any atom is 0.300 e. The molecule has 1 unspecified atom stereocenters. The zero-order chi connectivity index (χ0) is 27.7. The number of alkyl halides is 1. The van der Waals surface area contributed by atoms with Gasteiger partial charge in [-0.3, -0.25) is 24.0 Å². The van der Waals surface area contributed by atoms with E-state index in [9.17, 15) is 31.2 Å². The minimum atomic E-state index is -4.13. The van der Waals surface area contributed by atoms with Crippen LogP contribution in [0.25, 0.3) is 0 Å². The molecule has 206 valence electrons. The van der Waals surface area contributed by atoms with Crippen molar-refractivity contribution in [1.82, 2.24) is 19.7 Å². The van der Waals surface area contributed by atoms with Gasteiger partial charge in [-0.25, -0.2) is 17.2 Å². The van der Waals surface area contributed by atoms with Crippen molar-refractivity contribution in [3.8, 4) is 5.75 Å². The van der Waals surface area contributed by atoms with Crippen LogP contribution in [0, 0.1) is 11.6 Å². The van der Waals surface area contributed by atoms with E-state index in [1.807, 2.05) is 0 Å². The van der Waals surface area contributed by atoms with Crippen molar-refractivity contribution in [2.45, 2.75) is 42.7 Å². The Balaban J connectivity index is 1.40. The molecule has 1 saturated heterocycles. The summed E-state index contributed by atoms with van der Waals surface area (Å²) in [5.74, 6) is -3.62. The summed E-state index contributed by atoms with van der Waals surface area (Å²) in [6.07, 6.45) is 2.71. The molecular weight excluding hydrogens is 539 g/mol. The van der Waals surface area contributed by atoms with Gasteiger partial charge in [0.2, 0.25) is 10.0 Å². The molecule has 1 aromatic heterocycles. The van der Waals surface area contributed by atoms with Crippen LogP contribution in [0.5, 0.6) is 5.75 Å². The third kappa shape index (κ3) is 5.01. The summed E-state index contributed by atoms with van der Waals surface area (Å²) in [6.45, 7) is -0.620. The number of hydrogen-bond donors (Lipinski definition) is 1. The first-order chi connectivity index (χ1) is 18.7. The van der Waals surface area contributed by atoms with Crippen LogP contribution < -0.4 is 9.64 Å². The second-order valence-corrected chi connectivity index (χ2v) is 11.1. The number of ketones is 1. The average Bonchev–Trinajstić information content (AvgIpc) is 3.66. The van der Waals surface area contributed by atoms with Crippen LogP contribution in [0.2, 0.25) is 0 Å². The van der Waals surface area contributed by atoms with Gasteiger partial charge in [0, 0.05) is 18.8 Å². The first-order valence-corrected chi connectivity index (χ1v) is 13.7. The van der Waals surface area contributed by atoms with E-state index in [-0.39, 0.29) is 47.9 Å². The van der Waals surface area contributed by atoms with E-state index < -0.39 is 52.1 Å². The van der Waals surface area contributed by atoms with E-state index in [4.69, 9.17) is 4.74 Å². The molecule has 2 aromatic carbocycles. The Morgan fingerprint density at radius 1 is 1.15 bits per heavy atom. The summed E-state index contributed by atoms with van der Waals surface area (Å²) in [4.78, 5) is 26.9. The maximum absolute atomic E-state index is 14.0. The zero-order valence-corrected chi connectivity index (χ0v) is 21.3. The number of ether oxygens (including phenoxy) is 1. The van der Waals surface area contributed by atoms with Crippen LogP contribution in [0.1, 0.15) is 47.8 Å². The molecule has 39 heavy (non-hydrogen) atoms. The van der Waals surface area contributed by atoms with Gasteiger partial charge in [-0.05, 0) is 56.0 Å². The molecule has 1 N–H and O–H groups in total. The first-order valence-electron chi connectivity index (χ1n) is 12.3. The molecule has 10 nitrogen and oxygen atoms in total. The fraction of sp³-hybridized carbons (Fsp3) is 0.360. The van der Waals surface area contributed by atoms with Crippen LogP contribution in [0.15, 0.2) is 47.5 Å². The van der Waals surface area contributed by atoms with Gasteiger partial charge in [-0.15, -0.1) is 5.10 Å². The van der Waals surface area contributed by atoms with E-state index in [2.05, 4.69) is 15.4 Å². The number of nitrogens with one attached hydrogen (secondary N) is 1. The van der Waals surface area contributed by atoms with Gasteiger partial charge < -0.3 is 4.74 Å². The molecule has 5 rings (SSSR count). The number of nitrogens with zero attached hydrogens (tertiary/aromatic N) is 4. The van der Waals surface area contributed by atoms with Crippen LogP contribution in [-0.4, -0.2) is 65.7 Å². The van der Waals surface area contributed by atoms with E-state index in [0.29, 0.717) is 24.6 Å². The van der Waals surface area contributed by atoms with Gasteiger partial charge in [0.15, 0.2) is 11.6 Å². The number of aromatic nitrogens is 3. The molecule has 3 aromatic rings. The van der Waals surface area contributed by atoms with Crippen molar-refractivity contribution < 1.29 is 35.9 Å². The number of aromatic amines is 1. The van der Waals surface area contributed by atoms with Crippen LogP contribution in [-0.2, 0) is 14.8 Å². The molecule has 14 heteroatoms. The lowest BCUT2D eigenvalue weighted by molar-refractivity contribution is -0.114. The molecule has 0 spiro atoms. The van der Waals surface area contributed by atoms with Crippen molar-refractivity contribution in [3.63, 3.8) is 0 Å². The lowest BCUT2D eigenvalue weighted by atomic mass is 10.1. The molecule has 2 atom stereocenters. The van der Waals surface area contributed by atoms with Crippen molar-refractivity contribution in [2.24, 2.45) is 0 Å². The smallest absolute Gasteiger partial charge is 0.300 e. The third-order valence-corrected chi connectivity index (χ3v) is 8.79. The molecule has 0 radical (unpaired) electrons. The van der Waals surface area contributed by atoms with Gasteiger partial charge in [0.1, 0.15) is 18.1 Å². The van der Waals surface area contributed by atoms with Crippen molar-refractivity contribution in [1.29, 1.82) is 0 Å². The number of carbonyl (C=O) groups is 2. The Bertz CT molecular complexity index is 1500. The van der Waals surface area contributed by atoms with Gasteiger partial charge in [0.05, 0.1) is 34.9 Å². The Hall–Kier alpha value is -3.78. The van der Waals surface area contributed by atoms with Gasteiger partial charge in [0.25, 0.3) is 11.7 Å². The second kappa shape index (κ2) is 10.8. The standard InChI is InChI=1S/C25H24F3N5O5S/c26-9-1-4-22(20-13-29-31-30-20)33-21-7-6-17(12-18(21)24(34)25(33)35)39(36,37)32-10-2-3-16(32)14-38-23-8-5-15(27)11-19(23)28/h5-8,11-13,16,22H,1-4,9-10,14H2,(H,29,30,31)/t16-,22?/m0/s1. The fourth-order valence-electron chi connectivity index (χ4n) is 4.97. The van der Waals surface area contributed by atoms with Crippen molar-refractivity contribution in [3.05, 3.63) is 65.5 Å². The summed E-state index contributed by atoms with van der Waals surface area (Å²) in [5, 5.41) is 10.1. The number of hydrogen-bond acceptors (Lipinski definition) is 7. The lowest BCUT2D eigenvalue weighted by Crippen LogP contribution is -2.39. The first kappa shape index (κ1) is 26.8. The summed E-state index contributed by atoms with van der Waals surface area (Å²) >= 11 is 0.